The molecule has 2 atom stereocenters. The van der Waals surface area contributed by atoms with E-state index in [9.17, 15) is 9.90 Å². The van der Waals surface area contributed by atoms with Crippen molar-refractivity contribution in [2.45, 2.75) is 45.3 Å². The van der Waals surface area contributed by atoms with Gasteiger partial charge in [0, 0.05) is 23.3 Å². The zero-order chi connectivity index (χ0) is 16.0. The van der Waals surface area contributed by atoms with Crippen LogP contribution in [0.2, 0.25) is 0 Å². The number of amides is 1. The molecule has 3 heterocycles. The molecule has 23 heavy (non-hydrogen) atoms. The Kier molecular flexibility index (Phi) is 3.99. The lowest BCUT2D eigenvalue weighted by atomic mass is 10.0. The van der Waals surface area contributed by atoms with E-state index in [0.717, 1.165) is 42.9 Å². The summed E-state index contributed by atoms with van der Waals surface area (Å²) in [7, 11) is 0. The Morgan fingerprint density at radius 3 is 3.00 bits per heavy atom. The van der Waals surface area contributed by atoms with Crippen LogP contribution in [0.15, 0.2) is 11.4 Å². The van der Waals surface area contributed by atoms with Gasteiger partial charge in [0.05, 0.1) is 27.6 Å². The van der Waals surface area contributed by atoms with Gasteiger partial charge in [-0.3, -0.25) is 4.79 Å². The summed E-state index contributed by atoms with van der Waals surface area (Å²) >= 11 is 3.48. The number of rotatable bonds is 2. The molecule has 1 aliphatic carbocycles. The molecule has 2 aromatic heterocycles. The first kappa shape index (κ1) is 15.3. The molecule has 1 saturated carbocycles. The fourth-order valence-electron chi connectivity index (χ4n) is 3.59. The highest BCUT2D eigenvalue weighted by Crippen LogP contribution is 2.36. The van der Waals surface area contributed by atoms with E-state index in [1.54, 1.807) is 22.7 Å². The summed E-state index contributed by atoms with van der Waals surface area (Å²) in [6, 6.07) is 2.19. The standard InChI is InChI=1S/C17H20N2O2S2/c1-10-18-13(9-22-10)16-7-11-8-19(6-5-15(11)23-16)17(21)12-3-2-4-14(12)20/h7,9,12,14,20H,2-6,8H2,1H3. The number of fused-ring (bicyclic) bond motifs is 1. The smallest absolute Gasteiger partial charge is 0.228 e. The Balaban J connectivity index is 1.53. The van der Waals surface area contributed by atoms with Gasteiger partial charge in [-0.15, -0.1) is 22.7 Å². The molecule has 0 radical (unpaired) electrons. The molecule has 0 aromatic carbocycles. The topological polar surface area (TPSA) is 53.4 Å². The van der Waals surface area contributed by atoms with Crippen LogP contribution in [0, 0.1) is 12.8 Å². The van der Waals surface area contributed by atoms with Crippen LogP contribution in [-0.4, -0.2) is 33.5 Å². The molecule has 2 unspecified atom stereocenters. The van der Waals surface area contributed by atoms with Crippen molar-refractivity contribution in [2.75, 3.05) is 6.54 Å². The maximum absolute atomic E-state index is 12.7. The van der Waals surface area contributed by atoms with Crippen molar-refractivity contribution in [3.05, 3.63) is 26.9 Å². The van der Waals surface area contributed by atoms with Gasteiger partial charge in [0.15, 0.2) is 0 Å². The molecule has 2 aliphatic rings. The quantitative estimate of drug-likeness (QED) is 0.906. The summed E-state index contributed by atoms with van der Waals surface area (Å²) < 4.78 is 0. The molecule has 1 N–H and O–H groups in total. The van der Waals surface area contributed by atoms with E-state index < -0.39 is 6.10 Å². The lowest BCUT2D eigenvalue weighted by molar-refractivity contribution is -0.139. The maximum atomic E-state index is 12.7. The van der Waals surface area contributed by atoms with Gasteiger partial charge in [0.25, 0.3) is 0 Å². The Morgan fingerprint density at radius 2 is 2.30 bits per heavy atom. The van der Waals surface area contributed by atoms with Crippen LogP contribution >= 0.6 is 22.7 Å². The molecule has 6 heteroatoms. The summed E-state index contributed by atoms with van der Waals surface area (Å²) in [6.45, 7) is 3.47. The third-order valence-electron chi connectivity index (χ3n) is 4.85. The van der Waals surface area contributed by atoms with Crippen LogP contribution in [0.4, 0.5) is 0 Å². The highest BCUT2D eigenvalue weighted by Gasteiger charge is 2.35. The van der Waals surface area contributed by atoms with Gasteiger partial charge in [0.1, 0.15) is 0 Å². The van der Waals surface area contributed by atoms with E-state index in [4.69, 9.17) is 0 Å². The second kappa shape index (κ2) is 6.00. The van der Waals surface area contributed by atoms with E-state index in [1.165, 1.54) is 15.3 Å². The van der Waals surface area contributed by atoms with Gasteiger partial charge in [-0.05, 0) is 44.2 Å². The van der Waals surface area contributed by atoms with Crippen molar-refractivity contribution < 1.29 is 9.90 Å². The van der Waals surface area contributed by atoms with Crippen LogP contribution in [0.3, 0.4) is 0 Å². The first-order valence-electron chi connectivity index (χ1n) is 8.13. The number of aliphatic hydroxyl groups excluding tert-OH is 1. The molecule has 4 rings (SSSR count). The summed E-state index contributed by atoms with van der Waals surface area (Å²) in [5.74, 6) is -0.0475. The van der Waals surface area contributed by atoms with Crippen molar-refractivity contribution in [1.82, 2.24) is 9.88 Å². The third-order valence-corrected chi connectivity index (χ3v) is 6.88. The van der Waals surface area contributed by atoms with Crippen molar-refractivity contribution >= 4 is 28.6 Å². The number of aryl methyl sites for hydroxylation is 1. The normalized spacial score (nSPS) is 24.0. The minimum absolute atomic E-state index is 0.137. The predicted molar refractivity (Wildman–Crippen MR) is 92.6 cm³/mol. The first-order chi connectivity index (χ1) is 11.1. The van der Waals surface area contributed by atoms with Crippen LogP contribution in [0.1, 0.15) is 34.7 Å². The fraction of sp³-hybridized carbons (Fsp3) is 0.529. The minimum Gasteiger partial charge on any atom is -0.392 e. The van der Waals surface area contributed by atoms with E-state index in [2.05, 4.69) is 16.4 Å². The predicted octanol–water partition coefficient (Wildman–Crippen LogP) is 3.23. The van der Waals surface area contributed by atoms with Crippen molar-refractivity contribution in [2.24, 2.45) is 5.92 Å². The maximum Gasteiger partial charge on any atom is 0.228 e. The Labute approximate surface area is 143 Å². The lowest BCUT2D eigenvalue weighted by Gasteiger charge is -2.30. The number of thiophene rings is 1. The van der Waals surface area contributed by atoms with Gasteiger partial charge < -0.3 is 10.0 Å². The number of carbonyl (C=O) groups excluding carboxylic acids is 1. The molecule has 1 fully saturated rings. The average Bonchev–Trinajstić information content (AvgIpc) is 3.24. The van der Waals surface area contributed by atoms with Crippen molar-refractivity contribution in [1.29, 1.82) is 0 Å². The Hall–Kier alpha value is -1.24. The summed E-state index contributed by atoms with van der Waals surface area (Å²) in [5.41, 5.74) is 2.30. The van der Waals surface area contributed by atoms with E-state index >= 15 is 0 Å². The number of aliphatic hydroxyl groups is 1. The average molecular weight is 348 g/mol. The van der Waals surface area contributed by atoms with Gasteiger partial charge in [-0.25, -0.2) is 4.98 Å². The summed E-state index contributed by atoms with van der Waals surface area (Å²) in [6.07, 6.45) is 3.03. The SMILES string of the molecule is Cc1nc(-c2cc3c(s2)CCN(C(=O)C2CCCC2O)C3)cs1. The molecular weight excluding hydrogens is 328 g/mol. The van der Waals surface area contributed by atoms with Crippen molar-refractivity contribution in [3.63, 3.8) is 0 Å². The highest BCUT2D eigenvalue weighted by molar-refractivity contribution is 7.16. The molecule has 0 bridgehead atoms. The monoisotopic (exact) mass is 348 g/mol. The van der Waals surface area contributed by atoms with Crippen LogP contribution in [0.25, 0.3) is 10.6 Å². The molecule has 2 aromatic rings. The van der Waals surface area contributed by atoms with E-state index in [0.29, 0.717) is 6.54 Å². The molecular formula is C17H20N2O2S2. The second-order valence-corrected chi connectivity index (χ2v) is 8.62. The highest BCUT2D eigenvalue weighted by atomic mass is 32.1. The Morgan fingerprint density at radius 1 is 1.43 bits per heavy atom. The lowest BCUT2D eigenvalue weighted by Crippen LogP contribution is -2.41. The number of carbonyl (C=O) groups is 1. The molecule has 4 nitrogen and oxygen atoms in total. The minimum atomic E-state index is -0.445. The largest absolute Gasteiger partial charge is 0.392 e. The van der Waals surface area contributed by atoms with Crippen LogP contribution in [-0.2, 0) is 17.8 Å². The number of hydrogen-bond donors (Lipinski definition) is 1. The molecule has 1 amide bonds. The second-order valence-electron chi connectivity index (χ2n) is 6.43. The molecule has 1 aliphatic heterocycles. The zero-order valence-corrected chi connectivity index (χ0v) is 14.8. The molecule has 122 valence electrons. The Bertz CT molecular complexity index is 737. The number of hydrogen-bond acceptors (Lipinski definition) is 5. The molecule has 0 saturated heterocycles. The van der Waals surface area contributed by atoms with Gasteiger partial charge in [-0.1, -0.05) is 0 Å². The zero-order valence-electron chi connectivity index (χ0n) is 13.1. The fourth-order valence-corrected chi connectivity index (χ4v) is 5.40. The third kappa shape index (κ3) is 2.84. The molecule has 0 spiro atoms. The van der Waals surface area contributed by atoms with Crippen molar-refractivity contribution in [3.8, 4) is 10.6 Å². The van der Waals surface area contributed by atoms with Gasteiger partial charge >= 0.3 is 0 Å². The first-order valence-corrected chi connectivity index (χ1v) is 9.82. The van der Waals surface area contributed by atoms with Crippen LogP contribution < -0.4 is 0 Å². The van der Waals surface area contributed by atoms with E-state index in [1.807, 2.05) is 11.8 Å². The number of aromatic nitrogens is 1. The summed E-state index contributed by atoms with van der Waals surface area (Å²) in [4.78, 5) is 21.7. The van der Waals surface area contributed by atoms with Gasteiger partial charge in [-0.2, -0.15) is 0 Å². The summed E-state index contributed by atoms with van der Waals surface area (Å²) in [5, 5.41) is 13.2. The van der Waals surface area contributed by atoms with E-state index in [-0.39, 0.29) is 11.8 Å². The van der Waals surface area contributed by atoms with Crippen LogP contribution in [0.5, 0.6) is 0 Å². The number of thiazole rings is 1. The number of nitrogens with zero attached hydrogens (tertiary/aromatic N) is 2. The van der Waals surface area contributed by atoms with Gasteiger partial charge in [0.2, 0.25) is 5.91 Å².